The van der Waals surface area contributed by atoms with Crippen molar-refractivity contribution in [2.45, 2.75) is 6.92 Å². The van der Waals surface area contributed by atoms with E-state index in [1.807, 2.05) is 19.1 Å². The van der Waals surface area contributed by atoms with Crippen LogP contribution >= 0.6 is 23.2 Å². The summed E-state index contributed by atoms with van der Waals surface area (Å²) in [5, 5.41) is 3.92. The lowest BCUT2D eigenvalue weighted by molar-refractivity contribution is 0.102. The third kappa shape index (κ3) is 3.36. The van der Waals surface area contributed by atoms with Gasteiger partial charge in [-0.2, -0.15) is 0 Å². The summed E-state index contributed by atoms with van der Waals surface area (Å²) >= 11 is 12.2. The Morgan fingerprint density at radius 3 is 2.52 bits per heavy atom. The second-order valence-corrected chi connectivity index (χ2v) is 7.59. The molecular weight excluding hydrogens is 413 g/mol. The molecule has 1 fully saturated rings. The van der Waals surface area contributed by atoms with Crippen molar-refractivity contribution in [1.82, 2.24) is 14.9 Å². The second-order valence-electron chi connectivity index (χ2n) is 6.78. The number of aromatic nitrogens is 2. The number of urea groups is 1. The summed E-state index contributed by atoms with van der Waals surface area (Å²) in [6.07, 6.45) is 4.42. The fraction of sp³-hybridized carbons (Fsp3) is 0.200. The van der Waals surface area contributed by atoms with Gasteiger partial charge < -0.3 is 10.2 Å². The molecule has 0 saturated carbocycles. The van der Waals surface area contributed by atoms with E-state index in [0.717, 1.165) is 16.6 Å². The molecule has 2 aromatic heterocycles. The fourth-order valence-electron chi connectivity index (χ4n) is 3.44. The number of carbonyl (C=O) groups is 2. The quantitative estimate of drug-likeness (QED) is 0.670. The number of nitrogens with one attached hydrogen (secondary N) is 1. The topological polar surface area (TPSA) is 78.4 Å². The second kappa shape index (κ2) is 7.50. The van der Waals surface area contributed by atoms with E-state index in [0.29, 0.717) is 24.3 Å². The summed E-state index contributed by atoms with van der Waals surface area (Å²) in [7, 11) is 1.77. The van der Waals surface area contributed by atoms with Gasteiger partial charge in [0.1, 0.15) is 0 Å². The smallest absolute Gasteiger partial charge is 0.324 e. The summed E-state index contributed by atoms with van der Waals surface area (Å²) in [5.74, 6) is -0.462. The van der Waals surface area contributed by atoms with Crippen molar-refractivity contribution in [3.8, 4) is 0 Å². The van der Waals surface area contributed by atoms with E-state index in [1.54, 1.807) is 29.1 Å². The van der Waals surface area contributed by atoms with Gasteiger partial charge in [0.05, 0.1) is 32.5 Å². The molecule has 9 heteroatoms. The maximum absolute atomic E-state index is 12.8. The largest absolute Gasteiger partial charge is 0.326 e. The first-order chi connectivity index (χ1) is 13.9. The zero-order valence-corrected chi connectivity index (χ0v) is 17.3. The maximum Gasteiger partial charge on any atom is 0.324 e. The summed E-state index contributed by atoms with van der Waals surface area (Å²) in [6.45, 7) is 3.15. The number of fused-ring (bicyclic) bond motifs is 1. The molecule has 1 saturated heterocycles. The summed E-state index contributed by atoms with van der Waals surface area (Å²) in [6, 6.07) is 5.37. The molecule has 3 amide bonds. The van der Waals surface area contributed by atoms with Crippen molar-refractivity contribution in [2.75, 3.05) is 30.4 Å². The lowest BCUT2D eigenvalue weighted by Gasteiger charge is -2.21. The predicted octanol–water partition coefficient (Wildman–Crippen LogP) is 4.37. The van der Waals surface area contributed by atoms with Crippen LogP contribution < -0.4 is 10.2 Å². The van der Waals surface area contributed by atoms with Crippen LogP contribution in [0.4, 0.5) is 16.2 Å². The Kier molecular flexibility index (Phi) is 5.02. The van der Waals surface area contributed by atoms with Crippen LogP contribution in [0.3, 0.4) is 0 Å². The van der Waals surface area contributed by atoms with Crippen molar-refractivity contribution in [2.24, 2.45) is 0 Å². The van der Waals surface area contributed by atoms with E-state index < -0.39 is 5.91 Å². The van der Waals surface area contributed by atoms with Crippen molar-refractivity contribution < 1.29 is 9.59 Å². The Labute approximate surface area is 177 Å². The molecular formula is C20H17Cl2N5O2. The number of pyridine rings is 2. The Hall–Kier alpha value is -2.90. The molecule has 1 aliphatic heterocycles. The molecule has 0 bridgehead atoms. The first-order valence-corrected chi connectivity index (χ1v) is 9.65. The minimum Gasteiger partial charge on any atom is -0.326 e. The minimum absolute atomic E-state index is 0.0645. The number of hydrogen-bond donors (Lipinski definition) is 1. The number of anilines is 2. The lowest BCUT2D eigenvalue weighted by Crippen LogP contribution is -2.30. The van der Waals surface area contributed by atoms with Gasteiger partial charge in [-0.05, 0) is 18.6 Å². The Morgan fingerprint density at radius 1 is 1.14 bits per heavy atom. The van der Waals surface area contributed by atoms with E-state index in [2.05, 4.69) is 15.3 Å². The first-order valence-electron chi connectivity index (χ1n) is 8.89. The third-order valence-electron chi connectivity index (χ3n) is 4.87. The number of para-hydroxylation sites is 1. The molecule has 3 aromatic rings. The summed E-state index contributed by atoms with van der Waals surface area (Å²) in [4.78, 5) is 37.1. The lowest BCUT2D eigenvalue weighted by atomic mass is 10.1. The van der Waals surface area contributed by atoms with Crippen molar-refractivity contribution >= 4 is 57.4 Å². The van der Waals surface area contributed by atoms with Crippen LogP contribution in [-0.4, -0.2) is 46.9 Å². The van der Waals surface area contributed by atoms with Gasteiger partial charge in [0.25, 0.3) is 5.91 Å². The van der Waals surface area contributed by atoms with E-state index in [4.69, 9.17) is 23.2 Å². The number of halogens is 2. The third-order valence-corrected chi connectivity index (χ3v) is 5.44. The zero-order chi connectivity index (χ0) is 20.7. The van der Waals surface area contributed by atoms with Crippen LogP contribution in [0.1, 0.15) is 15.9 Å². The highest BCUT2D eigenvalue weighted by Gasteiger charge is 2.29. The van der Waals surface area contributed by atoms with Gasteiger partial charge in [-0.25, -0.2) is 4.79 Å². The van der Waals surface area contributed by atoms with E-state index in [1.165, 1.54) is 12.4 Å². The standard InChI is InChI=1S/C20H17Cl2N5O2/c1-11-8-24-17-12(18(11)27-7-6-26(2)20(27)29)4-3-5-15(17)25-19(28)16-13(21)9-23-10-14(16)22/h3-5,8-10H,6-7H2,1-2H3,(H,25,28). The zero-order valence-electron chi connectivity index (χ0n) is 15.7. The number of nitrogens with zero attached hydrogens (tertiary/aromatic N) is 4. The van der Waals surface area contributed by atoms with E-state index in [-0.39, 0.29) is 21.6 Å². The Bertz CT molecular complexity index is 1130. The van der Waals surface area contributed by atoms with Gasteiger partial charge in [0.15, 0.2) is 0 Å². The average Bonchev–Trinajstić information content (AvgIpc) is 3.00. The summed E-state index contributed by atoms with van der Waals surface area (Å²) < 4.78 is 0. The highest BCUT2D eigenvalue weighted by molar-refractivity contribution is 6.40. The number of likely N-dealkylation sites (N-methyl/N-ethyl adjacent to an activating group) is 1. The number of hydrogen-bond acceptors (Lipinski definition) is 4. The molecule has 1 aromatic carbocycles. The van der Waals surface area contributed by atoms with Crippen molar-refractivity contribution in [1.29, 1.82) is 0 Å². The summed E-state index contributed by atoms with van der Waals surface area (Å²) in [5.41, 5.74) is 2.89. The minimum atomic E-state index is -0.462. The number of aryl methyl sites for hydroxylation is 1. The highest BCUT2D eigenvalue weighted by Crippen LogP contribution is 2.35. The van der Waals surface area contributed by atoms with Gasteiger partial charge in [-0.1, -0.05) is 35.3 Å². The van der Waals surface area contributed by atoms with Gasteiger partial charge in [-0.15, -0.1) is 0 Å². The number of carbonyl (C=O) groups excluding carboxylic acids is 2. The molecule has 0 radical (unpaired) electrons. The average molecular weight is 430 g/mol. The fourth-order valence-corrected chi connectivity index (χ4v) is 3.97. The molecule has 29 heavy (non-hydrogen) atoms. The number of benzene rings is 1. The molecule has 0 spiro atoms. The molecule has 3 heterocycles. The maximum atomic E-state index is 12.8. The van der Waals surface area contributed by atoms with E-state index in [9.17, 15) is 9.59 Å². The molecule has 0 aliphatic carbocycles. The van der Waals surface area contributed by atoms with Crippen LogP contribution in [0.2, 0.25) is 10.0 Å². The van der Waals surface area contributed by atoms with Crippen molar-refractivity contribution in [3.05, 3.63) is 58.0 Å². The van der Waals surface area contributed by atoms with Gasteiger partial charge in [-0.3, -0.25) is 19.7 Å². The van der Waals surface area contributed by atoms with Crippen LogP contribution in [0, 0.1) is 6.92 Å². The number of rotatable bonds is 3. The predicted molar refractivity (Wildman–Crippen MR) is 114 cm³/mol. The van der Waals surface area contributed by atoms with E-state index >= 15 is 0 Å². The molecule has 1 N–H and O–H groups in total. The first kappa shape index (κ1) is 19.4. The van der Waals surface area contributed by atoms with Gasteiger partial charge >= 0.3 is 6.03 Å². The molecule has 4 rings (SSSR count). The molecule has 0 atom stereocenters. The highest BCUT2D eigenvalue weighted by atomic mass is 35.5. The van der Waals surface area contributed by atoms with Crippen LogP contribution in [-0.2, 0) is 0 Å². The van der Waals surface area contributed by atoms with Crippen LogP contribution in [0.25, 0.3) is 10.9 Å². The monoisotopic (exact) mass is 429 g/mol. The van der Waals surface area contributed by atoms with Gasteiger partial charge in [0.2, 0.25) is 0 Å². The Balaban J connectivity index is 1.79. The molecule has 0 unspecified atom stereocenters. The molecule has 7 nitrogen and oxygen atoms in total. The van der Waals surface area contributed by atoms with Gasteiger partial charge in [0, 0.05) is 44.1 Å². The number of amides is 3. The Morgan fingerprint density at radius 2 is 1.86 bits per heavy atom. The van der Waals surface area contributed by atoms with Crippen LogP contribution in [0.15, 0.2) is 36.8 Å². The van der Waals surface area contributed by atoms with Crippen LogP contribution in [0.5, 0.6) is 0 Å². The van der Waals surface area contributed by atoms with Crippen molar-refractivity contribution in [3.63, 3.8) is 0 Å². The molecule has 148 valence electrons. The SMILES string of the molecule is Cc1cnc2c(NC(=O)c3c(Cl)cncc3Cl)cccc2c1N1CCN(C)C1=O. The normalized spacial score (nSPS) is 14.0. The molecule has 1 aliphatic rings.